The number of nitrogens with zero attached hydrogens (tertiary/aromatic N) is 1. The number of ketones is 1. The van der Waals surface area contributed by atoms with Crippen molar-refractivity contribution >= 4 is 11.9 Å². The lowest BCUT2D eigenvalue weighted by Crippen LogP contribution is -2.02. The van der Waals surface area contributed by atoms with Gasteiger partial charge < -0.3 is 0 Å². The van der Waals surface area contributed by atoms with Crippen molar-refractivity contribution < 1.29 is 13.6 Å². The van der Waals surface area contributed by atoms with Crippen molar-refractivity contribution in [1.82, 2.24) is 0 Å². The largest absolute Gasteiger partial charge is 0.288 e. The Morgan fingerprint density at radius 3 is 2.39 bits per heavy atom. The molecule has 2 rings (SSSR count). The molecule has 0 bridgehead atoms. The zero-order valence-electron chi connectivity index (χ0n) is 12.6. The SMILES string of the molecule is CCCc1ccc(C(=O)/C(C#N)=C/c2ccc(F)c(F)c2)cc1. The van der Waals surface area contributed by atoms with Crippen LogP contribution < -0.4 is 0 Å². The van der Waals surface area contributed by atoms with Crippen molar-refractivity contribution in [2.24, 2.45) is 0 Å². The maximum Gasteiger partial charge on any atom is 0.203 e. The molecule has 0 aliphatic heterocycles. The van der Waals surface area contributed by atoms with Crippen molar-refractivity contribution in [1.29, 1.82) is 5.26 Å². The van der Waals surface area contributed by atoms with E-state index in [1.807, 2.05) is 18.2 Å². The maximum absolute atomic E-state index is 13.2. The average Bonchev–Trinajstić information content (AvgIpc) is 2.56. The van der Waals surface area contributed by atoms with Crippen LogP contribution in [0.2, 0.25) is 0 Å². The zero-order valence-corrected chi connectivity index (χ0v) is 12.6. The highest BCUT2D eigenvalue weighted by molar-refractivity contribution is 6.14. The molecule has 0 aliphatic rings. The summed E-state index contributed by atoms with van der Waals surface area (Å²) in [7, 11) is 0. The van der Waals surface area contributed by atoms with E-state index in [1.165, 1.54) is 12.1 Å². The first kappa shape index (κ1) is 16.6. The molecule has 0 fully saturated rings. The predicted octanol–water partition coefficient (Wildman–Crippen LogP) is 4.71. The van der Waals surface area contributed by atoms with Crippen LogP contribution in [0.1, 0.15) is 34.8 Å². The molecule has 0 N–H and O–H groups in total. The highest BCUT2D eigenvalue weighted by atomic mass is 19.2. The topological polar surface area (TPSA) is 40.9 Å². The van der Waals surface area contributed by atoms with Gasteiger partial charge in [-0.1, -0.05) is 43.7 Å². The normalized spacial score (nSPS) is 11.1. The van der Waals surface area contributed by atoms with Gasteiger partial charge in [0.1, 0.15) is 11.6 Å². The summed E-state index contributed by atoms with van der Waals surface area (Å²) in [5, 5.41) is 9.17. The molecule has 4 heteroatoms. The van der Waals surface area contributed by atoms with Crippen LogP contribution in [-0.2, 0) is 6.42 Å². The van der Waals surface area contributed by atoms with Gasteiger partial charge in [-0.2, -0.15) is 5.26 Å². The highest BCUT2D eigenvalue weighted by Gasteiger charge is 2.12. The summed E-state index contributed by atoms with van der Waals surface area (Å²) in [6.45, 7) is 2.07. The Balaban J connectivity index is 2.29. The third-order valence-electron chi connectivity index (χ3n) is 3.37. The summed E-state index contributed by atoms with van der Waals surface area (Å²) in [6.07, 6.45) is 3.18. The standard InChI is InChI=1S/C19H15F2NO/c1-2-3-13-4-7-15(8-5-13)19(23)16(12-22)10-14-6-9-17(20)18(21)11-14/h4-11H,2-3H2,1H3/b16-10+. The summed E-state index contributed by atoms with van der Waals surface area (Å²) in [6, 6.07) is 12.1. The van der Waals surface area contributed by atoms with Crippen LogP contribution in [0, 0.1) is 23.0 Å². The minimum absolute atomic E-state index is 0.126. The van der Waals surface area contributed by atoms with E-state index in [0.29, 0.717) is 5.56 Å². The number of hydrogen-bond acceptors (Lipinski definition) is 2. The molecule has 2 nitrogen and oxygen atoms in total. The van der Waals surface area contributed by atoms with E-state index < -0.39 is 17.4 Å². The quantitative estimate of drug-likeness (QED) is 0.456. The van der Waals surface area contributed by atoms with Gasteiger partial charge in [0.25, 0.3) is 0 Å². The number of rotatable bonds is 5. The first-order chi connectivity index (χ1) is 11.0. The lowest BCUT2D eigenvalue weighted by molar-refractivity contribution is 0.104. The average molecular weight is 311 g/mol. The summed E-state index contributed by atoms with van der Waals surface area (Å²) in [5.41, 5.74) is 1.64. The zero-order chi connectivity index (χ0) is 16.8. The van der Waals surface area contributed by atoms with Crippen LogP contribution in [0.4, 0.5) is 8.78 Å². The van der Waals surface area contributed by atoms with Crippen molar-refractivity contribution in [3.8, 4) is 6.07 Å². The molecule has 0 heterocycles. The lowest BCUT2D eigenvalue weighted by Gasteiger charge is -2.03. The predicted molar refractivity (Wildman–Crippen MR) is 84.7 cm³/mol. The molecule has 0 aliphatic carbocycles. The van der Waals surface area contributed by atoms with Crippen LogP contribution >= 0.6 is 0 Å². The minimum atomic E-state index is -1.02. The number of hydrogen-bond donors (Lipinski definition) is 0. The molecule has 0 saturated heterocycles. The Morgan fingerprint density at radius 1 is 1.13 bits per heavy atom. The first-order valence-corrected chi connectivity index (χ1v) is 7.25. The van der Waals surface area contributed by atoms with Crippen LogP contribution in [0.15, 0.2) is 48.0 Å². The van der Waals surface area contributed by atoms with Crippen LogP contribution in [0.25, 0.3) is 6.08 Å². The molecule has 0 spiro atoms. The van der Waals surface area contributed by atoms with Crippen LogP contribution in [-0.4, -0.2) is 5.78 Å². The fourth-order valence-corrected chi connectivity index (χ4v) is 2.18. The van der Waals surface area contributed by atoms with Gasteiger partial charge in [-0.3, -0.25) is 4.79 Å². The Hall–Kier alpha value is -2.80. The highest BCUT2D eigenvalue weighted by Crippen LogP contribution is 2.16. The van der Waals surface area contributed by atoms with Crippen LogP contribution in [0.3, 0.4) is 0 Å². The number of nitriles is 1. The number of halogens is 2. The van der Waals surface area contributed by atoms with Gasteiger partial charge in [0.2, 0.25) is 5.78 Å². The molecule has 2 aromatic rings. The summed E-state index contributed by atoms with van der Waals surface area (Å²) in [4.78, 5) is 12.3. The monoisotopic (exact) mass is 311 g/mol. The number of aryl methyl sites for hydroxylation is 1. The van der Waals surface area contributed by atoms with Gasteiger partial charge in [-0.15, -0.1) is 0 Å². The molecule has 23 heavy (non-hydrogen) atoms. The van der Waals surface area contributed by atoms with Gasteiger partial charge in [-0.25, -0.2) is 8.78 Å². The van der Waals surface area contributed by atoms with Crippen molar-refractivity contribution in [3.63, 3.8) is 0 Å². The Morgan fingerprint density at radius 2 is 1.83 bits per heavy atom. The number of Topliss-reactive ketones (excluding diaryl/α,β-unsaturated/α-hetero) is 1. The molecular formula is C19H15F2NO. The second-order valence-corrected chi connectivity index (χ2v) is 5.12. The Kier molecular flexibility index (Phi) is 5.37. The van der Waals surface area contributed by atoms with Crippen molar-refractivity contribution in [2.75, 3.05) is 0 Å². The molecular weight excluding hydrogens is 296 g/mol. The van der Waals surface area contributed by atoms with Crippen molar-refractivity contribution in [3.05, 3.63) is 76.4 Å². The van der Waals surface area contributed by atoms with E-state index >= 15 is 0 Å². The van der Waals surface area contributed by atoms with Gasteiger partial charge in [0, 0.05) is 5.56 Å². The van der Waals surface area contributed by atoms with Gasteiger partial charge in [0.15, 0.2) is 11.6 Å². The molecule has 0 amide bonds. The fraction of sp³-hybridized carbons (Fsp3) is 0.158. The lowest BCUT2D eigenvalue weighted by atomic mass is 10.00. The van der Waals surface area contributed by atoms with Gasteiger partial charge in [-0.05, 0) is 35.8 Å². The smallest absolute Gasteiger partial charge is 0.203 e. The number of allylic oxidation sites excluding steroid dienone is 1. The summed E-state index contributed by atoms with van der Waals surface area (Å²) < 4.78 is 26.1. The molecule has 0 saturated carbocycles. The summed E-state index contributed by atoms with van der Waals surface area (Å²) >= 11 is 0. The van der Waals surface area contributed by atoms with Crippen LogP contribution in [0.5, 0.6) is 0 Å². The molecule has 0 radical (unpaired) electrons. The minimum Gasteiger partial charge on any atom is -0.288 e. The van der Waals surface area contributed by atoms with Crippen molar-refractivity contribution in [2.45, 2.75) is 19.8 Å². The van der Waals surface area contributed by atoms with E-state index in [1.54, 1.807) is 12.1 Å². The number of benzene rings is 2. The van der Waals surface area contributed by atoms with E-state index in [9.17, 15) is 18.8 Å². The fourth-order valence-electron chi connectivity index (χ4n) is 2.18. The maximum atomic E-state index is 13.2. The second-order valence-electron chi connectivity index (χ2n) is 5.12. The molecule has 0 unspecified atom stereocenters. The molecule has 2 aromatic carbocycles. The van der Waals surface area contributed by atoms with E-state index in [-0.39, 0.29) is 11.1 Å². The van der Waals surface area contributed by atoms with E-state index in [0.717, 1.165) is 30.5 Å². The Labute approximate surface area is 133 Å². The molecule has 0 aromatic heterocycles. The van der Waals surface area contributed by atoms with E-state index in [2.05, 4.69) is 6.92 Å². The second kappa shape index (κ2) is 7.46. The molecule has 116 valence electrons. The number of carbonyl (C=O) groups excluding carboxylic acids is 1. The Bertz CT molecular complexity index is 786. The van der Waals surface area contributed by atoms with Gasteiger partial charge >= 0.3 is 0 Å². The third kappa shape index (κ3) is 4.10. The third-order valence-corrected chi connectivity index (χ3v) is 3.37. The number of carbonyl (C=O) groups is 1. The van der Waals surface area contributed by atoms with E-state index in [4.69, 9.17) is 0 Å². The summed E-state index contributed by atoms with van der Waals surface area (Å²) in [5.74, 6) is -2.44. The molecule has 0 atom stereocenters. The first-order valence-electron chi connectivity index (χ1n) is 7.25. The van der Waals surface area contributed by atoms with Gasteiger partial charge in [0.05, 0.1) is 0 Å².